The fraction of sp³-hybridized carbons (Fsp3) is 0.350. The van der Waals surface area contributed by atoms with Gasteiger partial charge in [0, 0.05) is 6.54 Å². The molecule has 152 valence electrons. The minimum Gasteiger partial charge on any atom is -0.493 e. The van der Waals surface area contributed by atoms with E-state index in [9.17, 15) is 13.2 Å². The largest absolute Gasteiger partial charge is 0.493 e. The zero-order valence-corrected chi connectivity index (χ0v) is 17.3. The van der Waals surface area contributed by atoms with E-state index in [0.29, 0.717) is 29.9 Å². The van der Waals surface area contributed by atoms with Gasteiger partial charge in [0.1, 0.15) is 0 Å². The summed E-state index contributed by atoms with van der Waals surface area (Å²) in [5, 5.41) is 0. The molecule has 0 saturated heterocycles. The molecule has 2 aromatic carbocycles. The summed E-state index contributed by atoms with van der Waals surface area (Å²) in [7, 11) is 0.679. The van der Waals surface area contributed by atoms with E-state index in [2.05, 4.69) is 4.72 Å². The van der Waals surface area contributed by atoms with Crippen molar-refractivity contribution in [1.82, 2.24) is 4.72 Å². The molecule has 1 N–H and O–H groups in total. The highest BCUT2D eigenvalue weighted by molar-refractivity contribution is 7.89. The zero-order chi connectivity index (χ0) is 20.7. The van der Waals surface area contributed by atoms with Crippen molar-refractivity contribution in [2.24, 2.45) is 0 Å². The van der Waals surface area contributed by atoms with Crippen LogP contribution in [0.1, 0.15) is 27.9 Å². The summed E-state index contributed by atoms with van der Waals surface area (Å²) in [5.41, 5.74) is 1.90. The van der Waals surface area contributed by atoms with Crippen LogP contribution in [0.3, 0.4) is 0 Å². The molecule has 0 aliphatic heterocycles. The number of sulfonamides is 1. The summed E-state index contributed by atoms with van der Waals surface area (Å²) in [4.78, 5) is 11.8. The maximum Gasteiger partial charge on any atom is 0.338 e. The van der Waals surface area contributed by atoms with Gasteiger partial charge in [-0.2, -0.15) is 0 Å². The van der Waals surface area contributed by atoms with Crippen LogP contribution in [0.4, 0.5) is 0 Å². The first-order valence-corrected chi connectivity index (χ1v) is 10.2. The molecule has 8 heteroatoms. The SMILES string of the molecule is COC(=O)c1cc(S(=O)(=O)NCCCc2ccc(OC)c(OC)c2)ccc1C. The van der Waals surface area contributed by atoms with Crippen molar-refractivity contribution < 1.29 is 27.4 Å². The lowest BCUT2D eigenvalue weighted by atomic mass is 10.1. The monoisotopic (exact) mass is 407 g/mol. The molecule has 2 aromatic rings. The normalized spacial score (nSPS) is 11.1. The lowest BCUT2D eigenvalue weighted by molar-refractivity contribution is 0.0599. The van der Waals surface area contributed by atoms with E-state index >= 15 is 0 Å². The lowest BCUT2D eigenvalue weighted by Gasteiger charge is -2.11. The van der Waals surface area contributed by atoms with Gasteiger partial charge in [0.15, 0.2) is 11.5 Å². The Morgan fingerprint density at radius 2 is 1.71 bits per heavy atom. The van der Waals surface area contributed by atoms with Gasteiger partial charge in [-0.1, -0.05) is 12.1 Å². The Balaban J connectivity index is 2.00. The van der Waals surface area contributed by atoms with Crippen LogP contribution in [0.15, 0.2) is 41.3 Å². The highest BCUT2D eigenvalue weighted by atomic mass is 32.2. The average molecular weight is 407 g/mol. The van der Waals surface area contributed by atoms with Crippen LogP contribution < -0.4 is 14.2 Å². The first-order valence-electron chi connectivity index (χ1n) is 8.72. The fourth-order valence-corrected chi connectivity index (χ4v) is 3.82. The van der Waals surface area contributed by atoms with Gasteiger partial charge in [0.2, 0.25) is 10.0 Å². The van der Waals surface area contributed by atoms with Crippen molar-refractivity contribution in [3.63, 3.8) is 0 Å². The van der Waals surface area contributed by atoms with Gasteiger partial charge < -0.3 is 14.2 Å². The molecule has 0 radical (unpaired) electrons. The summed E-state index contributed by atoms with van der Waals surface area (Å²) < 4.78 is 42.7. The minimum absolute atomic E-state index is 0.0321. The number of carbonyl (C=O) groups excluding carboxylic acids is 1. The summed E-state index contributed by atoms with van der Waals surface area (Å²) in [6, 6.07) is 9.99. The van der Waals surface area contributed by atoms with Crippen LogP contribution >= 0.6 is 0 Å². The second kappa shape index (κ2) is 9.57. The molecule has 28 heavy (non-hydrogen) atoms. The maximum absolute atomic E-state index is 12.5. The summed E-state index contributed by atoms with van der Waals surface area (Å²) in [6.45, 7) is 1.98. The van der Waals surface area contributed by atoms with Crippen molar-refractivity contribution in [2.45, 2.75) is 24.7 Å². The van der Waals surface area contributed by atoms with E-state index in [-0.39, 0.29) is 17.0 Å². The molecule has 0 heterocycles. The molecule has 0 aliphatic rings. The third kappa shape index (κ3) is 5.24. The second-order valence-electron chi connectivity index (χ2n) is 6.16. The second-order valence-corrected chi connectivity index (χ2v) is 7.93. The molecule has 0 aliphatic carbocycles. The van der Waals surface area contributed by atoms with E-state index in [1.54, 1.807) is 27.2 Å². The predicted octanol–water partition coefficient (Wildman–Crippen LogP) is 2.71. The predicted molar refractivity (Wildman–Crippen MR) is 106 cm³/mol. The zero-order valence-electron chi connectivity index (χ0n) is 16.4. The number of hydrogen-bond donors (Lipinski definition) is 1. The van der Waals surface area contributed by atoms with Crippen LogP contribution in [-0.4, -0.2) is 42.3 Å². The van der Waals surface area contributed by atoms with E-state index in [4.69, 9.17) is 14.2 Å². The Morgan fingerprint density at radius 1 is 1.00 bits per heavy atom. The fourth-order valence-electron chi connectivity index (χ4n) is 2.72. The molecule has 0 spiro atoms. The smallest absolute Gasteiger partial charge is 0.338 e. The summed E-state index contributed by atoms with van der Waals surface area (Å²) >= 11 is 0. The Kier molecular flexibility index (Phi) is 7.42. The van der Waals surface area contributed by atoms with Crippen LogP contribution in [0, 0.1) is 6.92 Å². The molecule has 0 saturated carbocycles. The van der Waals surface area contributed by atoms with Gasteiger partial charge in [-0.15, -0.1) is 0 Å². The molecule has 0 amide bonds. The quantitative estimate of drug-likeness (QED) is 0.508. The molecule has 2 rings (SSSR count). The van der Waals surface area contributed by atoms with Gasteiger partial charge in [-0.05, 0) is 55.2 Å². The van der Waals surface area contributed by atoms with Crippen molar-refractivity contribution >= 4 is 16.0 Å². The van der Waals surface area contributed by atoms with Crippen molar-refractivity contribution in [3.8, 4) is 11.5 Å². The van der Waals surface area contributed by atoms with E-state index in [1.165, 1.54) is 19.2 Å². The number of esters is 1. The van der Waals surface area contributed by atoms with Crippen LogP contribution in [0.25, 0.3) is 0 Å². The minimum atomic E-state index is -3.72. The summed E-state index contributed by atoms with van der Waals surface area (Å²) in [5.74, 6) is 0.714. The molecule has 0 fully saturated rings. The third-order valence-corrected chi connectivity index (χ3v) is 5.77. The highest BCUT2D eigenvalue weighted by Gasteiger charge is 2.18. The van der Waals surface area contributed by atoms with Crippen LogP contribution in [0.2, 0.25) is 0 Å². The number of carbonyl (C=O) groups is 1. The Morgan fingerprint density at radius 3 is 2.36 bits per heavy atom. The van der Waals surface area contributed by atoms with Gasteiger partial charge in [-0.3, -0.25) is 0 Å². The lowest BCUT2D eigenvalue weighted by Crippen LogP contribution is -2.25. The number of aryl methyl sites for hydroxylation is 2. The van der Waals surface area contributed by atoms with E-state index < -0.39 is 16.0 Å². The van der Waals surface area contributed by atoms with Crippen molar-refractivity contribution in [1.29, 1.82) is 0 Å². The number of benzene rings is 2. The van der Waals surface area contributed by atoms with Crippen molar-refractivity contribution in [3.05, 3.63) is 53.1 Å². The third-order valence-electron chi connectivity index (χ3n) is 4.31. The number of ether oxygens (including phenoxy) is 3. The van der Waals surface area contributed by atoms with E-state index in [0.717, 1.165) is 5.56 Å². The van der Waals surface area contributed by atoms with Crippen molar-refractivity contribution in [2.75, 3.05) is 27.9 Å². The average Bonchev–Trinajstić information content (AvgIpc) is 2.70. The van der Waals surface area contributed by atoms with Gasteiger partial charge in [-0.25, -0.2) is 17.9 Å². The summed E-state index contributed by atoms with van der Waals surface area (Å²) in [6.07, 6.45) is 1.27. The number of hydrogen-bond acceptors (Lipinski definition) is 6. The maximum atomic E-state index is 12.5. The van der Waals surface area contributed by atoms with Crippen LogP contribution in [-0.2, 0) is 21.2 Å². The Labute approximate surface area is 165 Å². The van der Waals surface area contributed by atoms with Gasteiger partial charge in [0.05, 0.1) is 31.8 Å². The molecule has 0 unspecified atom stereocenters. The number of methoxy groups -OCH3 is 3. The standard InChI is InChI=1S/C20H25NO6S/c1-14-7-9-16(13-17(14)20(22)27-4)28(23,24)21-11-5-6-15-8-10-18(25-2)19(12-15)26-3/h7-10,12-13,21H,5-6,11H2,1-4H3. The number of rotatable bonds is 9. The number of nitrogens with one attached hydrogen (secondary N) is 1. The Bertz CT molecular complexity index is 940. The van der Waals surface area contributed by atoms with Crippen LogP contribution in [0.5, 0.6) is 11.5 Å². The first kappa shape index (κ1) is 21.7. The molecular formula is C20H25NO6S. The molecule has 0 atom stereocenters. The highest BCUT2D eigenvalue weighted by Crippen LogP contribution is 2.28. The molecule has 0 bridgehead atoms. The first-order chi connectivity index (χ1) is 13.3. The molecule has 7 nitrogen and oxygen atoms in total. The topological polar surface area (TPSA) is 90.9 Å². The van der Waals surface area contributed by atoms with Gasteiger partial charge >= 0.3 is 5.97 Å². The van der Waals surface area contributed by atoms with E-state index in [1.807, 2.05) is 18.2 Å². The molecular weight excluding hydrogens is 382 g/mol. The molecule has 0 aromatic heterocycles. The van der Waals surface area contributed by atoms with Gasteiger partial charge in [0.25, 0.3) is 0 Å². The Hall–Kier alpha value is -2.58.